The number of hydrogen-bond acceptors (Lipinski definition) is 7. The van der Waals surface area contributed by atoms with Crippen molar-refractivity contribution in [1.29, 1.82) is 0 Å². The molecule has 8 heteroatoms. The van der Waals surface area contributed by atoms with Crippen molar-refractivity contribution in [1.82, 2.24) is 20.5 Å². The van der Waals surface area contributed by atoms with Gasteiger partial charge in [0.15, 0.2) is 5.13 Å². The summed E-state index contributed by atoms with van der Waals surface area (Å²) in [4.78, 5) is 21.2. The van der Waals surface area contributed by atoms with Gasteiger partial charge in [-0.05, 0) is 6.92 Å². The Balaban J connectivity index is 1.83. The van der Waals surface area contributed by atoms with Crippen molar-refractivity contribution in [2.45, 2.75) is 6.92 Å². The van der Waals surface area contributed by atoms with Crippen molar-refractivity contribution >= 4 is 28.2 Å². The Kier molecular flexibility index (Phi) is 5.77. The van der Waals surface area contributed by atoms with Crippen molar-refractivity contribution in [2.24, 2.45) is 0 Å². The highest BCUT2D eigenvalue weighted by atomic mass is 32.1. The summed E-state index contributed by atoms with van der Waals surface area (Å²) in [6.45, 7) is 8.46. The van der Waals surface area contributed by atoms with E-state index < -0.39 is 0 Å². The van der Waals surface area contributed by atoms with Gasteiger partial charge in [0.2, 0.25) is 0 Å². The van der Waals surface area contributed by atoms with Crippen molar-refractivity contribution in [3.63, 3.8) is 0 Å². The summed E-state index contributed by atoms with van der Waals surface area (Å²) >= 11 is 1.34. The predicted octanol–water partition coefficient (Wildman–Crippen LogP) is -0.184. The number of amides is 1. The summed E-state index contributed by atoms with van der Waals surface area (Å²) in [7, 11) is 1.93. The Hall–Kier alpha value is -1.38. The zero-order valence-electron chi connectivity index (χ0n) is 12.7. The van der Waals surface area contributed by atoms with Gasteiger partial charge in [0.05, 0.1) is 0 Å². The number of nitrogens with zero attached hydrogens (tertiary/aromatic N) is 3. The minimum atomic E-state index is -0.129. The van der Waals surface area contributed by atoms with Crippen LogP contribution < -0.4 is 21.3 Å². The zero-order chi connectivity index (χ0) is 15.2. The fourth-order valence-electron chi connectivity index (χ4n) is 2.12. The number of carbonyl (C=O) groups excluding carboxylic acids is 1. The molecule has 4 N–H and O–H groups in total. The molecule has 1 aromatic rings. The standard InChI is InChI=1S/C13H24N6OS/c1-3-18(2)13-17-11(14)10(21-13)12(20)16-6-9-19-7-4-15-5-8-19/h15H,3-9,14H2,1-2H3,(H,16,20). The lowest BCUT2D eigenvalue weighted by molar-refractivity contribution is 0.0952. The molecule has 2 heterocycles. The maximum Gasteiger partial charge on any atom is 0.265 e. The first-order chi connectivity index (χ1) is 10.1. The molecule has 1 amide bonds. The predicted molar refractivity (Wildman–Crippen MR) is 87.1 cm³/mol. The highest BCUT2D eigenvalue weighted by molar-refractivity contribution is 7.18. The summed E-state index contributed by atoms with van der Waals surface area (Å²) in [5.74, 6) is 0.186. The molecule has 0 aromatic carbocycles. The molecule has 1 aliphatic heterocycles. The molecule has 0 spiro atoms. The summed E-state index contributed by atoms with van der Waals surface area (Å²) in [5, 5.41) is 7.02. The summed E-state index contributed by atoms with van der Waals surface area (Å²) in [5.41, 5.74) is 5.84. The van der Waals surface area contributed by atoms with Crippen molar-refractivity contribution in [3.05, 3.63) is 4.88 Å². The van der Waals surface area contributed by atoms with Gasteiger partial charge < -0.3 is 21.3 Å². The number of thiazole rings is 1. The number of nitrogens with two attached hydrogens (primary N) is 1. The topological polar surface area (TPSA) is 86.5 Å². The summed E-state index contributed by atoms with van der Waals surface area (Å²) in [6, 6.07) is 0. The molecule has 0 aliphatic carbocycles. The van der Waals surface area contributed by atoms with Gasteiger partial charge >= 0.3 is 0 Å². The van der Waals surface area contributed by atoms with Crippen molar-refractivity contribution < 1.29 is 4.79 Å². The Morgan fingerprint density at radius 2 is 2.24 bits per heavy atom. The molecule has 0 radical (unpaired) electrons. The molecule has 0 atom stereocenters. The zero-order valence-corrected chi connectivity index (χ0v) is 13.5. The number of rotatable bonds is 6. The van der Waals surface area contributed by atoms with Crippen LogP contribution in [0.1, 0.15) is 16.6 Å². The summed E-state index contributed by atoms with van der Waals surface area (Å²) < 4.78 is 0. The highest BCUT2D eigenvalue weighted by Crippen LogP contribution is 2.27. The molecule has 1 aromatic heterocycles. The number of carbonyl (C=O) groups is 1. The van der Waals surface area contributed by atoms with Gasteiger partial charge in [-0.1, -0.05) is 11.3 Å². The summed E-state index contributed by atoms with van der Waals surface area (Å²) in [6.07, 6.45) is 0. The Morgan fingerprint density at radius 1 is 1.52 bits per heavy atom. The lowest BCUT2D eigenvalue weighted by atomic mass is 10.3. The van der Waals surface area contributed by atoms with Gasteiger partial charge in [0.1, 0.15) is 10.7 Å². The molecule has 7 nitrogen and oxygen atoms in total. The maximum absolute atomic E-state index is 12.2. The van der Waals surface area contributed by atoms with Crippen LogP contribution in [0.15, 0.2) is 0 Å². The number of aromatic nitrogens is 1. The fraction of sp³-hybridized carbons (Fsp3) is 0.692. The van der Waals surface area contributed by atoms with E-state index in [-0.39, 0.29) is 5.91 Å². The number of piperazine rings is 1. The lowest BCUT2D eigenvalue weighted by Gasteiger charge is -2.27. The third kappa shape index (κ3) is 4.29. The van der Waals surface area contributed by atoms with Crippen LogP contribution in [0.4, 0.5) is 10.9 Å². The molecule has 21 heavy (non-hydrogen) atoms. The first kappa shape index (κ1) is 16.0. The van der Waals surface area contributed by atoms with Gasteiger partial charge in [0.25, 0.3) is 5.91 Å². The number of nitrogens with one attached hydrogen (secondary N) is 2. The Bertz CT molecular complexity index is 471. The van der Waals surface area contributed by atoms with E-state index in [9.17, 15) is 4.79 Å². The van der Waals surface area contributed by atoms with E-state index in [1.54, 1.807) is 0 Å². The second kappa shape index (κ2) is 7.58. The minimum Gasteiger partial charge on any atom is -0.382 e. The van der Waals surface area contributed by atoms with E-state index in [1.807, 2.05) is 18.9 Å². The first-order valence-electron chi connectivity index (χ1n) is 7.30. The molecule has 118 valence electrons. The van der Waals surface area contributed by atoms with Crippen LogP contribution in [0, 0.1) is 0 Å². The van der Waals surface area contributed by atoms with E-state index in [0.717, 1.165) is 44.4 Å². The van der Waals surface area contributed by atoms with E-state index >= 15 is 0 Å². The molecular formula is C13H24N6OS. The third-order valence-electron chi connectivity index (χ3n) is 3.57. The van der Waals surface area contributed by atoms with Crippen LogP contribution in [0.3, 0.4) is 0 Å². The van der Waals surface area contributed by atoms with Gasteiger partial charge in [-0.25, -0.2) is 4.98 Å². The van der Waals surface area contributed by atoms with E-state index in [0.29, 0.717) is 17.2 Å². The molecule has 2 rings (SSSR count). The second-order valence-electron chi connectivity index (χ2n) is 5.07. The van der Waals surface area contributed by atoms with Crippen LogP contribution in [-0.2, 0) is 0 Å². The average molecular weight is 312 g/mol. The van der Waals surface area contributed by atoms with E-state index in [4.69, 9.17) is 5.73 Å². The van der Waals surface area contributed by atoms with E-state index in [1.165, 1.54) is 11.3 Å². The van der Waals surface area contributed by atoms with Gasteiger partial charge in [-0.3, -0.25) is 9.69 Å². The molecular weight excluding hydrogens is 288 g/mol. The van der Waals surface area contributed by atoms with Crippen LogP contribution in [0.5, 0.6) is 0 Å². The molecule has 0 unspecified atom stereocenters. The SMILES string of the molecule is CCN(C)c1nc(N)c(C(=O)NCCN2CCNCC2)s1. The number of hydrogen-bond donors (Lipinski definition) is 3. The van der Waals surface area contributed by atoms with Crippen LogP contribution in [-0.4, -0.2) is 68.7 Å². The smallest absolute Gasteiger partial charge is 0.265 e. The Labute approximate surface area is 129 Å². The number of anilines is 2. The van der Waals surface area contributed by atoms with Gasteiger partial charge in [-0.2, -0.15) is 0 Å². The monoisotopic (exact) mass is 312 g/mol. The van der Waals surface area contributed by atoms with Crippen LogP contribution >= 0.6 is 11.3 Å². The van der Waals surface area contributed by atoms with Crippen molar-refractivity contribution in [3.8, 4) is 0 Å². The maximum atomic E-state index is 12.2. The highest BCUT2D eigenvalue weighted by Gasteiger charge is 2.18. The molecule has 1 saturated heterocycles. The molecule has 1 fully saturated rings. The second-order valence-corrected chi connectivity index (χ2v) is 6.05. The number of nitrogen functional groups attached to an aromatic ring is 1. The fourth-order valence-corrected chi connectivity index (χ4v) is 3.05. The molecule has 0 bridgehead atoms. The van der Waals surface area contributed by atoms with E-state index in [2.05, 4.69) is 20.5 Å². The average Bonchev–Trinajstić information content (AvgIpc) is 2.89. The quantitative estimate of drug-likeness (QED) is 0.675. The Morgan fingerprint density at radius 3 is 2.90 bits per heavy atom. The first-order valence-corrected chi connectivity index (χ1v) is 8.12. The molecule has 1 aliphatic rings. The van der Waals surface area contributed by atoms with Gasteiger partial charge in [0, 0.05) is 52.9 Å². The molecule has 0 saturated carbocycles. The normalized spacial score (nSPS) is 15.9. The lowest BCUT2D eigenvalue weighted by Crippen LogP contribution is -2.46. The largest absolute Gasteiger partial charge is 0.382 e. The van der Waals surface area contributed by atoms with Gasteiger partial charge in [-0.15, -0.1) is 0 Å². The third-order valence-corrected chi connectivity index (χ3v) is 4.76. The minimum absolute atomic E-state index is 0.129. The van der Waals surface area contributed by atoms with Crippen LogP contribution in [0.2, 0.25) is 0 Å². The van der Waals surface area contributed by atoms with Crippen molar-refractivity contribution in [2.75, 3.05) is 63.5 Å². The van der Waals surface area contributed by atoms with Crippen LogP contribution in [0.25, 0.3) is 0 Å².